The highest BCUT2D eigenvalue weighted by Gasteiger charge is 2.34. The molecule has 1 aliphatic rings. The van der Waals surface area contributed by atoms with Crippen LogP contribution >= 0.6 is 11.6 Å². The predicted octanol–water partition coefficient (Wildman–Crippen LogP) is 2.68. The normalized spacial score (nSPS) is 20.8. The van der Waals surface area contributed by atoms with Crippen molar-refractivity contribution >= 4 is 23.2 Å². The van der Waals surface area contributed by atoms with Crippen LogP contribution in [0.5, 0.6) is 0 Å². The molecule has 2 rings (SSSR count). The standard InChI is InChI=1S/C12H12ClF3N2O/c1-7-11(19)18(5-4-17-7)8-2-3-9(10(13)6-8)12(14,15)16/h2-3,6-7,17H,4-5H2,1H3. The maximum atomic E-state index is 12.6. The summed E-state index contributed by atoms with van der Waals surface area (Å²) in [6.45, 7) is 2.70. The number of anilines is 1. The lowest BCUT2D eigenvalue weighted by Crippen LogP contribution is -2.53. The van der Waals surface area contributed by atoms with Gasteiger partial charge < -0.3 is 10.2 Å². The van der Waals surface area contributed by atoms with Crippen molar-refractivity contribution in [3.05, 3.63) is 28.8 Å². The van der Waals surface area contributed by atoms with E-state index in [0.29, 0.717) is 18.8 Å². The number of benzene rings is 1. The first-order valence-corrected chi connectivity index (χ1v) is 6.10. The number of carbonyl (C=O) groups excluding carboxylic acids is 1. The quantitative estimate of drug-likeness (QED) is 0.863. The van der Waals surface area contributed by atoms with E-state index in [1.54, 1.807) is 6.92 Å². The topological polar surface area (TPSA) is 32.3 Å². The molecule has 0 radical (unpaired) electrons. The van der Waals surface area contributed by atoms with Crippen molar-refractivity contribution in [3.63, 3.8) is 0 Å². The molecule has 0 aromatic heterocycles. The lowest BCUT2D eigenvalue weighted by Gasteiger charge is -2.31. The van der Waals surface area contributed by atoms with Crippen LogP contribution in [0, 0.1) is 0 Å². The Morgan fingerprint density at radius 2 is 2.11 bits per heavy atom. The second-order valence-electron chi connectivity index (χ2n) is 4.33. The van der Waals surface area contributed by atoms with Crippen molar-refractivity contribution in [1.82, 2.24) is 5.32 Å². The lowest BCUT2D eigenvalue weighted by atomic mass is 10.1. The molecule has 1 aromatic rings. The van der Waals surface area contributed by atoms with Gasteiger partial charge in [0, 0.05) is 18.8 Å². The van der Waals surface area contributed by atoms with Crippen molar-refractivity contribution in [2.24, 2.45) is 0 Å². The molecule has 104 valence electrons. The van der Waals surface area contributed by atoms with Crippen LogP contribution in [0.15, 0.2) is 18.2 Å². The van der Waals surface area contributed by atoms with Crippen molar-refractivity contribution < 1.29 is 18.0 Å². The first-order chi connectivity index (χ1) is 8.80. The fourth-order valence-electron chi connectivity index (χ4n) is 1.98. The summed E-state index contributed by atoms with van der Waals surface area (Å²) in [5.41, 5.74) is -0.509. The first-order valence-electron chi connectivity index (χ1n) is 5.72. The van der Waals surface area contributed by atoms with Crippen molar-refractivity contribution in [1.29, 1.82) is 0 Å². The number of rotatable bonds is 1. The van der Waals surface area contributed by atoms with E-state index in [1.165, 1.54) is 17.0 Å². The Balaban J connectivity index is 2.32. The number of amides is 1. The Hall–Kier alpha value is -1.27. The molecular weight excluding hydrogens is 281 g/mol. The molecule has 1 unspecified atom stereocenters. The Kier molecular flexibility index (Phi) is 3.73. The van der Waals surface area contributed by atoms with E-state index in [2.05, 4.69) is 5.32 Å². The summed E-state index contributed by atoms with van der Waals surface area (Å²) < 4.78 is 37.8. The summed E-state index contributed by atoms with van der Waals surface area (Å²) in [6, 6.07) is 3.00. The number of piperazine rings is 1. The first kappa shape index (κ1) is 14.1. The maximum Gasteiger partial charge on any atom is 0.417 e. The molecule has 19 heavy (non-hydrogen) atoms. The van der Waals surface area contributed by atoms with E-state index in [9.17, 15) is 18.0 Å². The molecule has 1 atom stereocenters. The van der Waals surface area contributed by atoms with Gasteiger partial charge in [0.2, 0.25) is 5.91 Å². The van der Waals surface area contributed by atoms with Gasteiger partial charge in [-0.25, -0.2) is 0 Å². The largest absolute Gasteiger partial charge is 0.417 e. The monoisotopic (exact) mass is 292 g/mol. The molecule has 1 saturated heterocycles. The van der Waals surface area contributed by atoms with Gasteiger partial charge >= 0.3 is 6.18 Å². The van der Waals surface area contributed by atoms with E-state index in [1.807, 2.05) is 0 Å². The van der Waals surface area contributed by atoms with Crippen LogP contribution in [-0.4, -0.2) is 25.0 Å². The summed E-state index contributed by atoms with van der Waals surface area (Å²) >= 11 is 5.64. The van der Waals surface area contributed by atoms with Gasteiger partial charge in [0.05, 0.1) is 16.6 Å². The number of halogens is 4. The molecule has 1 heterocycles. The third kappa shape index (κ3) is 2.84. The van der Waals surface area contributed by atoms with Crippen LogP contribution in [0.1, 0.15) is 12.5 Å². The Morgan fingerprint density at radius 3 is 2.68 bits per heavy atom. The predicted molar refractivity (Wildman–Crippen MR) is 66.3 cm³/mol. The van der Waals surface area contributed by atoms with Gasteiger partial charge in [-0.05, 0) is 25.1 Å². The SMILES string of the molecule is CC1NCCN(c2ccc(C(F)(F)F)c(Cl)c2)C1=O. The molecule has 1 N–H and O–H groups in total. The molecule has 7 heteroatoms. The maximum absolute atomic E-state index is 12.6. The summed E-state index contributed by atoms with van der Waals surface area (Å²) in [5.74, 6) is -0.179. The van der Waals surface area contributed by atoms with Gasteiger partial charge in [0.15, 0.2) is 0 Å². The molecule has 0 spiro atoms. The molecular formula is C12H12ClF3N2O. The number of carbonyl (C=O) groups is 1. The number of nitrogens with zero attached hydrogens (tertiary/aromatic N) is 1. The zero-order valence-electron chi connectivity index (χ0n) is 10.1. The molecule has 1 amide bonds. The zero-order chi connectivity index (χ0) is 14.2. The summed E-state index contributed by atoms with van der Waals surface area (Å²) in [6.07, 6.45) is -4.49. The van der Waals surface area contributed by atoms with Gasteiger partial charge in [0.1, 0.15) is 0 Å². The average molecular weight is 293 g/mol. The highest BCUT2D eigenvalue weighted by Crippen LogP contribution is 2.36. The number of hydrogen-bond acceptors (Lipinski definition) is 2. The molecule has 1 aromatic carbocycles. The summed E-state index contributed by atoms with van der Waals surface area (Å²) in [4.78, 5) is 13.4. The smallest absolute Gasteiger partial charge is 0.310 e. The minimum atomic E-state index is -4.49. The van der Waals surface area contributed by atoms with Gasteiger partial charge in [-0.2, -0.15) is 13.2 Å². The Morgan fingerprint density at radius 1 is 1.42 bits per heavy atom. The number of nitrogens with one attached hydrogen (secondary N) is 1. The van der Waals surface area contributed by atoms with Crippen molar-refractivity contribution in [2.45, 2.75) is 19.1 Å². The van der Waals surface area contributed by atoms with E-state index < -0.39 is 16.8 Å². The number of alkyl halides is 3. The van der Waals surface area contributed by atoms with Crippen LogP contribution in [0.4, 0.5) is 18.9 Å². The molecule has 1 aliphatic heterocycles. The van der Waals surface area contributed by atoms with E-state index in [0.717, 1.165) is 6.07 Å². The fraction of sp³-hybridized carbons (Fsp3) is 0.417. The van der Waals surface area contributed by atoms with Gasteiger partial charge in [-0.15, -0.1) is 0 Å². The van der Waals surface area contributed by atoms with E-state index in [4.69, 9.17) is 11.6 Å². The minimum absolute atomic E-state index is 0.179. The van der Waals surface area contributed by atoms with E-state index >= 15 is 0 Å². The molecule has 3 nitrogen and oxygen atoms in total. The molecule has 0 aliphatic carbocycles. The highest BCUT2D eigenvalue weighted by molar-refractivity contribution is 6.31. The van der Waals surface area contributed by atoms with Crippen LogP contribution in [0.25, 0.3) is 0 Å². The van der Waals surface area contributed by atoms with E-state index in [-0.39, 0.29) is 11.9 Å². The third-order valence-corrected chi connectivity index (χ3v) is 3.30. The minimum Gasteiger partial charge on any atom is -0.310 e. The average Bonchev–Trinajstić information content (AvgIpc) is 2.31. The van der Waals surface area contributed by atoms with Gasteiger partial charge in [0.25, 0.3) is 0 Å². The third-order valence-electron chi connectivity index (χ3n) is 2.99. The molecule has 0 bridgehead atoms. The van der Waals surface area contributed by atoms with Gasteiger partial charge in [-0.3, -0.25) is 4.79 Å². The van der Waals surface area contributed by atoms with Crippen molar-refractivity contribution in [2.75, 3.05) is 18.0 Å². The van der Waals surface area contributed by atoms with Crippen LogP contribution in [-0.2, 0) is 11.0 Å². The van der Waals surface area contributed by atoms with Crippen LogP contribution in [0.2, 0.25) is 5.02 Å². The van der Waals surface area contributed by atoms with Crippen LogP contribution < -0.4 is 10.2 Å². The molecule has 1 fully saturated rings. The fourth-order valence-corrected chi connectivity index (χ4v) is 2.26. The Bertz CT molecular complexity index is 504. The molecule has 0 saturated carbocycles. The Labute approximate surface area is 113 Å². The highest BCUT2D eigenvalue weighted by atomic mass is 35.5. The summed E-state index contributed by atoms with van der Waals surface area (Å²) in [5, 5.41) is 2.58. The number of hydrogen-bond donors (Lipinski definition) is 1. The second kappa shape index (κ2) is 5.02. The van der Waals surface area contributed by atoms with Gasteiger partial charge in [-0.1, -0.05) is 11.6 Å². The lowest BCUT2D eigenvalue weighted by molar-refractivity contribution is -0.137. The summed E-state index contributed by atoms with van der Waals surface area (Å²) in [7, 11) is 0. The van der Waals surface area contributed by atoms with Crippen LogP contribution in [0.3, 0.4) is 0 Å². The zero-order valence-corrected chi connectivity index (χ0v) is 10.8. The van der Waals surface area contributed by atoms with Crippen molar-refractivity contribution in [3.8, 4) is 0 Å². The second-order valence-corrected chi connectivity index (χ2v) is 4.73.